The standard InChI is InChI=1S/C26H32N6O2S/c1-4-32-23(17-24(33)27-21-15-19(2)14-20(3)16-21)28-29-26(32)35-18-25(34)31-12-10-30(11-13-31)22-8-6-5-7-9-22/h5-9,14-16H,4,10-13,17-18H2,1-3H3,(H,27,33). The van der Waals surface area contributed by atoms with Crippen molar-refractivity contribution < 1.29 is 9.59 Å². The number of piperazine rings is 1. The summed E-state index contributed by atoms with van der Waals surface area (Å²) in [6.45, 7) is 9.69. The second-order valence-corrected chi connectivity index (χ2v) is 9.68. The zero-order valence-electron chi connectivity index (χ0n) is 20.5. The molecule has 1 aliphatic heterocycles. The molecule has 0 spiro atoms. The van der Waals surface area contributed by atoms with Gasteiger partial charge < -0.3 is 19.7 Å². The Morgan fingerprint density at radius 1 is 0.971 bits per heavy atom. The first-order chi connectivity index (χ1) is 16.9. The van der Waals surface area contributed by atoms with Crippen molar-refractivity contribution in [2.24, 2.45) is 0 Å². The van der Waals surface area contributed by atoms with E-state index >= 15 is 0 Å². The molecule has 1 saturated heterocycles. The number of aromatic nitrogens is 3. The van der Waals surface area contributed by atoms with Crippen molar-refractivity contribution in [3.8, 4) is 0 Å². The molecule has 8 nitrogen and oxygen atoms in total. The lowest BCUT2D eigenvalue weighted by Crippen LogP contribution is -2.49. The maximum atomic E-state index is 12.8. The van der Waals surface area contributed by atoms with Crippen molar-refractivity contribution in [2.75, 3.05) is 42.1 Å². The minimum Gasteiger partial charge on any atom is -0.368 e. The van der Waals surface area contributed by atoms with Gasteiger partial charge in [-0.1, -0.05) is 36.0 Å². The highest BCUT2D eigenvalue weighted by Crippen LogP contribution is 2.20. The molecule has 1 N–H and O–H groups in total. The second-order valence-electron chi connectivity index (χ2n) is 8.74. The number of nitrogens with one attached hydrogen (secondary N) is 1. The third-order valence-electron chi connectivity index (χ3n) is 6.01. The summed E-state index contributed by atoms with van der Waals surface area (Å²) in [6.07, 6.45) is 0.129. The van der Waals surface area contributed by atoms with Crippen LogP contribution >= 0.6 is 11.8 Å². The molecule has 9 heteroatoms. The van der Waals surface area contributed by atoms with Crippen molar-refractivity contribution >= 4 is 35.0 Å². The van der Waals surface area contributed by atoms with Crippen molar-refractivity contribution in [3.63, 3.8) is 0 Å². The summed E-state index contributed by atoms with van der Waals surface area (Å²) in [5.41, 5.74) is 4.17. The number of nitrogens with zero attached hydrogens (tertiary/aromatic N) is 5. The first kappa shape index (κ1) is 24.8. The summed E-state index contributed by atoms with van der Waals surface area (Å²) in [4.78, 5) is 29.7. The molecular weight excluding hydrogens is 460 g/mol. The highest BCUT2D eigenvalue weighted by atomic mass is 32.2. The molecule has 0 unspecified atom stereocenters. The van der Waals surface area contributed by atoms with E-state index in [4.69, 9.17) is 0 Å². The molecule has 2 aromatic carbocycles. The Kier molecular flexibility index (Phi) is 8.07. The van der Waals surface area contributed by atoms with Gasteiger partial charge in [-0.2, -0.15) is 0 Å². The number of carbonyl (C=O) groups excluding carboxylic acids is 2. The predicted molar refractivity (Wildman–Crippen MR) is 140 cm³/mol. The van der Waals surface area contributed by atoms with Gasteiger partial charge in [-0.15, -0.1) is 10.2 Å². The molecule has 3 aromatic rings. The van der Waals surface area contributed by atoms with Crippen LogP contribution in [0, 0.1) is 13.8 Å². The van der Waals surface area contributed by atoms with Crippen molar-refractivity contribution in [1.29, 1.82) is 0 Å². The molecule has 1 aliphatic rings. The fourth-order valence-corrected chi connectivity index (χ4v) is 5.26. The van der Waals surface area contributed by atoms with Gasteiger partial charge >= 0.3 is 0 Å². The topological polar surface area (TPSA) is 83.4 Å². The Morgan fingerprint density at radius 2 is 1.66 bits per heavy atom. The molecule has 0 saturated carbocycles. The van der Waals surface area contributed by atoms with Crippen LogP contribution in [0.5, 0.6) is 0 Å². The fraction of sp³-hybridized carbons (Fsp3) is 0.385. The Bertz CT molecular complexity index is 1150. The zero-order valence-corrected chi connectivity index (χ0v) is 21.3. The van der Waals surface area contributed by atoms with E-state index in [0.717, 1.165) is 29.9 Å². The number of rotatable bonds is 8. The molecule has 4 rings (SSSR count). The number of aryl methyl sites for hydroxylation is 2. The van der Waals surface area contributed by atoms with Gasteiger partial charge in [0.1, 0.15) is 5.82 Å². The average molecular weight is 493 g/mol. The smallest absolute Gasteiger partial charge is 0.233 e. The molecule has 1 aromatic heterocycles. The summed E-state index contributed by atoms with van der Waals surface area (Å²) in [5.74, 6) is 0.863. The lowest BCUT2D eigenvalue weighted by Gasteiger charge is -2.36. The van der Waals surface area contributed by atoms with E-state index in [2.05, 4.69) is 38.6 Å². The number of anilines is 2. The number of amides is 2. The normalized spacial score (nSPS) is 13.7. The van der Waals surface area contributed by atoms with Gasteiger partial charge in [-0.05, 0) is 56.2 Å². The Morgan fingerprint density at radius 3 is 2.31 bits per heavy atom. The van der Waals surface area contributed by atoms with Crippen LogP contribution in [-0.2, 0) is 22.6 Å². The van der Waals surface area contributed by atoms with Gasteiger partial charge in [-0.3, -0.25) is 9.59 Å². The van der Waals surface area contributed by atoms with Crippen LogP contribution in [0.15, 0.2) is 53.7 Å². The van der Waals surface area contributed by atoms with Gasteiger partial charge in [0.15, 0.2) is 5.16 Å². The molecule has 2 heterocycles. The molecule has 0 bridgehead atoms. The number of benzene rings is 2. The monoisotopic (exact) mass is 492 g/mol. The van der Waals surface area contributed by atoms with Crippen LogP contribution in [0.2, 0.25) is 0 Å². The third-order valence-corrected chi connectivity index (χ3v) is 6.96. The molecule has 0 radical (unpaired) electrons. The summed E-state index contributed by atoms with van der Waals surface area (Å²) in [7, 11) is 0. The van der Waals surface area contributed by atoms with Crippen LogP contribution < -0.4 is 10.2 Å². The van der Waals surface area contributed by atoms with Gasteiger partial charge in [0.05, 0.1) is 12.2 Å². The van der Waals surface area contributed by atoms with Gasteiger partial charge in [0, 0.05) is 44.1 Å². The molecule has 2 amide bonds. The van der Waals surface area contributed by atoms with Crippen LogP contribution in [0.3, 0.4) is 0 Å². The molecule has 0 aliphatic carbocycles. The highest BCUT2D eigenvalue weighted by molar-refractivity contribution is 7.99. The number of carbonyl (C=O) groups is 2. The van der Waals surface area contributed by atoms with Crippen LogP contribution in [0.1, 0.15) is 23.9 Å². The number of thioether (sulfide) groups is 1. The SMILES string of the molecule is CCn1c(CC(=O)Nc2cc(C)cc(C)c2)nnc1SCC(=O)N1CCN(c2ccccc2)CC1. The minimum atomic E-state index is -0.138. The second kappa shape index (κ2) is 11.4. The maximum absolute atomic E-state index is 12.8. The fourth-order valence-electron chi connectivity index (χ4n) is 4.34. The number of hydrogen-bond acceptors (Lipinski definition) is 6. The number of hydrogen-bond donors (Lipinski definition) is 1. The zero-order chi connectivity index (χ0) is 24.8. The van der Waals surface area contributed by atoms with E-state index in [1.165, 1.54) is 17.4 Å². The average Bonchev–Trinajstić information content (AvgIpc) is 3.23. The van der Waals surface area contributed by atoms with Crippen molar-refractivity contribution in [2.45, 2.75) is 38.9 Å². The maximum Gasteiger partial charge on any atom is 0.233 e. The predicted octanol–water partition coefficient (Wildman–Crippen LogP) is 3.54. The van der Waals surface area contributed by atoms with Crippen molar-refractivity contribution in [3.05, 3.63) is 65.5 Å². The van der Waals surface area contributed by atoms with E-state index < -0.39 is 0 Å². The largest absolute Gasteiger partial charge is 0.368 e. The quantitative estimate of drug-likeness (QED) is 0.485. The van der Waals surface area contributed by atoms with Gasteiger partial charge in [0.25, 0.3) is 0 Å². The minimum absolute atomic E-state index is 0.0995. The van der Waals surface area contributed by atoms with Crippen LogP contribution in [-0.4, -0.2) is 63.4 Å². The van der Waals surface area contributed by atoms with E-state index in [1.807, 2.05) is 60.6 Å². The molecule has 0 atom stereocenters. The summed E-state index contributed by atoms with van der Waals surface area (Å²) < 4.78 is 1.91. The van der Waals surface area contributed by atoms with E-state index in [1.54, 1.807) is 0 Å². The third kappa shape index (κ3) is 6.42. The molecular formula is C26H32N6O2S. The Balaban J connectivity index is 1.29. The Labute approximate surface area is 210 Å². The van der Waals surface area contributed by atoms with Crippen molar-refractivity contribution in [1.82, 2.24) is 19.7 Å². The summed E-state index contributed by atoms with van der Waals surface area (Å²) in [5, 5.41) is 12.1. The molecule has 1 fully saturated rings. The molecule has 35 heavy (non-hydrogen) atoms. The molecule has 184 valence electrons. The van der Waals surface area contributed by atoms with E-state index in [0.29, 0.717) is 36.4 Å². The van der Waals surface area contributed by atoms with Crippen LogP contribution in [0.25, 0.3) is 0 Å². The van der Waals surface area contributed by atoms with Gasteiger partial charge in [0.2, 0.25) is 11.8 Å². The lowest BCUT2D eigenvalue weighted by molar-refractivity contribution is -0.128. The Hall–Kier alpha value is -3.33. The highest BCUT2D eigenvalue weighted by Gasteiger charge is 2.22. The summed E-state index contributed by atoms with van der Waals surface area (Å²) >= 11 is 1.38. The van der Waals surface area contributed by atoms with Crippen LogP contribution in [0.4, 0.5) is 11.4 Å². The van der Waals surface area contributed by atoms with Gasteiger partial charge in [-0.25, -0.2) is 0 Å². The first-order valence-electron chi connectivity index (χ1n) is 11.9. The first-order valence-corrected chi connectivity index (χ1v) is 12.9. The summed E-state index contributed by atoms with van der Waals surface area (Å²) in [6, 6.07) is 16.2. The van der Waals surface area contributed by atoms with E-state index in [-0.39, 0.29) is 18.2 Å². The van der Waals surface area contributed by atoms with E-state index in [9.17, 15) is 9.59 Å². The number of para-hydroxylation sites is 1. The lowest BCUT2D eigenvalue weighted by atomic mass is 10.1.